The van der Waals surface area contributed by atoms with Crippen molar-refractivity contribution in [3.05, 3.63) is 157 Å². The molecule has 43 heavy (non-hydrogen) atoms. The predicted octanol–water partition coefficient (Wildman–Crippen LogP) is 9.97. The summed E-state index contributed by atoms with van der Waals surface area (Å²) in [5, 5.41) is 0. The Balaban J connectivity index is 1.23. The topological polar surface area (TPSA) is 38.7 Å². The third kappa shape index (κ3) is 4.77. The molecule has 0 saturated heterocycles. The minimum absolute atomic E-state index is 0.333. The molecule has 0 bridgehead atoms. The van der Waals surface area contributed by atoms with Crippen LogP contribution in [-0.2, 0) is 0 Å². The second kappa shape index (κ2) is 10.9. The first-order chi connectivity index (χ1) is 21.3. The van der Waals surface area contributed by atoms with E-state index < -0.39 is 0 Å². The highest BCUT2D eigenvalue weighted by Gasteiger charge is 2.31. The van der Waals surface area contributed by atoms with E-state index >= 15 is 0 Å². The van der Waals surface area contributed by atoms with Crippen LogP contribution in [0.4, 0.5) is 0 Å². The number of allylic oxidation sites excluding steroid dienone is 8. The minimum atomic E-state index is 0.333. The van der Waals surface area contributed by atoms with Gasteiger partial charge in [-0.3, -0.25) is 0 Å². The molecule has 0 amide bonds. The predicted molar refractivity (Wildman–Crippen MR) is 176 cm³/mol. The van der Waals surface area contributed by atoms with Gasteiger partial charge in [0.1, 0.15) is 0 Å². The van der Waals surface area contributed by atoms with Gasteiger partial charge in [0, 0.05) is 23.0 Å². The number of hydrogen-bond donors (Lipinski definition) is 0. The number of benzene rings is 4. The maximum absolute atomic E-state index is 5.04. The first kappa shape index (κ1) is 25.6. The van der Waals surface area contributed by atoms with Crippen LogP contribution >= 0.6 is 0 Å². The first-order valence-electron chi connectivity index (χ1n) is 15.2. The molecular weight excluding hydrogens is 522 g/mol. The Morgan fingerprint density at radius 2 is 1.19 bits per heavy atom. The summed E-state index contributed by atoms with van der Waals surface area (Å²) in [5.41, 5.74) is 11.0. The molecular formula is C40H31N3. The summed E-state index contributed by atoms with van der Waals surface area (Å²) in [4.78, 5) is 15.0. The van der Waals surface area contributed by atoms with Gasteiger partial charge in [-0.15, -0.1) is 0 Å². The van der Waals surface area contributed by atoms with Crippen LogP contribution in [0, 0.1) is 0 Å². The van der Waals surface area contributed by atoms with E-state index in [-0.39, 0.29) is 0 Å². The fraction of sp³-hybridized carbons (Fsp3) is 0.125. The van der Waals surface area contributed by atoms with E-state index in [9.17, 15) is 0 Å². The summed E-state index contributed by atoms with van der Waals surface area (Å²) in [6, 6.07) is 34.7. The molecule has 3 heteroatoms. The van der Waals surface area contributed by atoms with Gasteiger partial charge in [-0.2, -0.15) is 0 Å². The van der Waals surface area contributed by atoms with Gasteiger partial charge in [-0.05, 0) is 70.3 Å². The Morgan fingerprint density at radius 3 is 2.07 bits per heavy atom. The highest BCUT2D eigenvalue weighted by Crippen LogP contribution is 2.50. The molecule has 0 radical (unpaired) electrons. The van der Waals surface area contributed by atoms with E-state index in [1.54, 1.807) is 0 Å². The second-order valence-electron chi connectivity index (χ2n) is 11.5. The Hall–Kier alpha value is -5.15. The monoisotopic (exact) mass is 553 g/mol. The zero-order valence-electron chi connectivity index (χ0n) is 23.9. The van der Waals surface area contributed by atoms with Crippen molar-refractivity contribution in [2.24, 2.45) is 0 Å². The zero-order valence-corrected chi connectivity index (χ0v) is 23.9. The Bertz CT molecular complexity index is 1960. The Morgan fingerprint density at radius 1 is 0.512 bits per heavy atom. The molecule has 2 atom stereocenters. The Kier molecular flexibility index (Phi) is 6.49. The maximum atomic E-state index is 5.04. The van der Waals surface area contributed by atoms with Crippen molar-refractivity contribution < 1.29 is 0 Å². The van der Waals surface area contributed by atoms with Crippen LogP contribution in [0.25, 0.3) is 50.6 Å². The molecule has 0 aliphatic heterocycles. The molecule has 0 saturated carbocycles. The lowest BCUT2D eigenvalue weighted by Gasteiger charge is -2.34. The lowest BCUT2D eigenvalue weighted by Crippen LogP contribution is -2.16. The van der Waals surface area contributed by atoms with Crippen molar-refractivity contribution in [1.82, 2.24) is 15.0 Å². The van der Waals surface area contributed by atoms with E-state index in [0.717, 1.165) is 47.4 Å². The average molecular weight is 554 g/mol. The molecule has 1 heterocycles. The average Bonchev–Trinajstić information content (AvgIpc) is 3.38. The van der Waals surface area contributed by atoms with Gasteiger partial charge in [0.15, 0.2) is 17.5 Å². The highest BCUT2D eigenvalue weighted by molar-refractivity contribution is 5.81. The van der Waals surface area contributed by atoms with Gasteiger partial charge in [0.05, 0.1) is 0 Å². The molecule has 0 N–H and O–H groups in total. The summed E-state index contributed by atoms with van der Waals surface area (Å²) >= 11 is 0. The van der Waals surface area contributed by atoms with Crippen LogP contribution in [0.3, 0.4) is 0 Å². The lowest BCUT2D eigenvalue weighted by molar-refractivity contribution is 0.720. The third-order valence-corrected chi connectivity index (χ3v) is 8.81. The molecule has 206 valence electrons. The van der Waals surface area contributed by atoms with Gasteiger partial charge in [0.2, 0.25) is 0 Å². The molecule has 0 fully saturated rings. The van der Waals surface area contributed by atoms with Crippen LogP contribution in [0.5, 0.6) is 0 Å². The van der Waals surface area contributed by atoms with Gasteiger partial charge >= 0.3 is 0 Å². The molecule has 8 rings (SSSR count). The number of fused-ring (bicyclic) bond motifs is 6. The third-order valence-electron chi connectivity index (χ3n) is 8.81. The Labute approximate surface area is 252 Å². The second-order valence-corrected chi connectivity index (χ2v) is 11.5. The summed E-state index contributed by atoms with van der Waals surface area (Å²) < 4.78 is 0. The van der Waals surface area contributed by atoms with Gasteiger partial charge in [0.25, 0.3) is 0 Å². The molecule has 5 aromatic rings. The standard InChI is InChI=1S/C40H31N3/c1-2-5-14-27(13-4-1)38-41-39(28-15-6-3-7-16-28)43-40(42-38)31-18-12-17-29(25-31)30-23-24-36-34-21-9-8-19-32(34)33-20-10-11-22-35(33)37(36)26-30/h1,3-4,6-13,15-26,33,35H,2,5,14H2. The number of rotatable bonds is 4. The molecule has 3 nitrogen and oxygen atoms in total. The van der Waals surface area contributed by atoms with Crippen molar-refractivity contribution in [2.45, 2.75) is 31.1 Å². The summed E-state index contributed by atoms with van der Waals surface area (Å²) in [5.74, 6) is 2.86. The fourth-order valence-corrected chi connectivity index (χ4v) is 6.66. The van der Waals surface area contributed by atoms with Crippen molar-refractivity contribution in [3.63, 3.8) is 0 Å². The van der Waals surface area contributed by atoms with Crippen LogP contribution in [0.15, 0.2) is 140 Å². The quantitative estimate of drug-likeness (QED) is 0.222. The van der Waals surface area contributed by atoms with E-state index in [4.69, 9.17) is 15.0 Å². The molecule has 3 aliphatic carbocycles. The molecule has 4 aromatic carbocycles. The SMILES string of the molecule is C1=CCCCC(c2nc(-c3ccccc3)nc(-c3cccc(-c4ccc5c(c4)C4C=CC=CC4c4ccccc4-5)c3)n2)=C1. The molecule has 2 unspecified atom stereocenters. The van der Waals surface area contributed by atoms with Crippen LogP contribution in [0.1, 0.15) is 48.0 Å². The van der Waals surface area contributed by atoms with Crippen molar-refractivity contribution in [2.75, 3.05) is 0 Å². The first-order valence-corrected chi connectivity index (χ1v) is 15.2. The van der Waals surface area contributed by atoms with Gasteiger partial charge in [-0.1, -0.05) is 127 Å². The summed E-state index contributed by atoms with van der Waals surface area (Å²) in [6.07, 6.45) is 18.7. The summed E-state index contributed by atoms with van der Waals surface area (Å²) in [7, 11) is 0. The van der Waals surface area contributed by atoms with Gasteiger partial charge in [-0.25, -0.2) is 15.0 Å². The van der Waals surface area contributed by atoms with Crippen LogP contribution < -0.4 is 0 Å². The summed E-state index contributed by atoms with van der Waals surface area (Å²) in [6.45, 7) is 0. The number of nitrogens with zero attached hydrogens (tertiary/aromatic N) is 3. The zero-order chi connectivity index (χ0) is 28.6. The van der Waals surface area contributed by atoms with Crippen molar-refractivity contribution in [1.29, 1.82) is 0 Å². The van der Waals surface area contributed by atoms with Crippen molar-refractivity contribution in [3.8, 4) is 45.0 Å². The normalized spacial score (nSPS) is 18.3. The highest BCUT2D eigenvalue weighted by atomic mass is 15.0. The van der Waals surface area contributed by atoms with E-state index in [2.05, 4.69) is 121 Å². The van der Waals surface area contributed by atoms with Crippen molar-refractivity contribution >= 4 is 5.57 Å². The largest absolute Gasteiger partial charge is 0.209 e. The van der Waals surface area contributed by atoms with E-state index in [1.165, 1.54) is 27.8 Å². The number of aromatic nitrogens is 3. The molecule has 1 aromatic heterocycles. The van der Waals surface area contributed by atoms with Crippen LogP contribution in [-0.4, -0.2) is 15.0 Å². The van der Waals surface area contributed by atoms with E-state index in [1.807, 2.05) is 18.2 Å². The van der Waals surface area contributed by atoms with Crippen LogP contribution in [0.2, 0.25) is 0 Å². The smallest absolute Gasteiger partial charge is 0.164 e. The minimum Gasteiger partial charge on any atom is -0.209 e. The number of hydrogen-bond acceptors (Lipinski definition) is 3. The fourth-order valence-electron chi connectivity index (χ4n) is 6.66. The molecule has 0 spiro atoms. The maximum Gasteiger partial charge on any atom is 0.164 e. The van der Waals surface area contributed by atoms with E-state index in [0.29, 0.717) is 23.5 Å². The van der Waals surface area contributed by atoms with Gasteiger partial charge < -0.3 is 0 Å². The molecule has 3 aliphatic rings. The lowest BCUT2D eigenvalue weighted by atomic mass is 9.69.